The first-order valence-corrected chi connectivity index (χ1v) is 9.76. The van der Waals surface area contributed by atoms with Crippen molar-refractivity contribution in [2.24, 2.45) is 0 Å². The van der Waals surface area contributed by atoms with Gasteiger partial charge in [0.25, 0.3) is 5.56 Å². The second-order valence-electron chi connectivity index (χ2n) is 6.14. The van der Waals surface area contributed by atoms with Crippen molar-refractivity contribution in [2.45, 2.75) is 13.5 Å². The minimum absolute atomic E-state index is 0.163. The molecule has 0 atom stereocenters. The van der Waals surface area contributed by atoms with E-state index in [-0.39, 0.29) is 17.9 Å². The molecule has 0 aliphatic rings. The van der Waals surface area contributed by atoms with Crippen LogP contribution in [0.2, 0.25) is 10.0 Å². The van der Waals surface area contributed by atoms with Crippen molar-refractivity contribution in [1.29, 1.82) is 0 Å². The molecule has 136 valence electrons. The third-order valence-electron chi connectivity index (χ3n) is 4.34. The molecule has 27 heavy (non-hydrogen) atoms. The zero-order valence-corrected chi connectivity index (χ0v) is 16.5. The molecule has 0 unspecified atom stereocenters. The van der Waals surface area contributed by atoms with Gasteiger partial charge in [0, 0.05) is 10.9 Å². The Morgan fingerprint density at radius 2 is 1.96 bits per heavy atom. The fraction of sp³-hybridized carbons (Fsp3) is 0.100. The maximum atomic E-state index is 13.5. The Morgan fingerprint density at radius 3 is 2.70 bits per heavy atom. The van der Waals surface area contributed by atoms with Gasteiger partial charge in [-0.25, -0.2) is 9.37 Å². The lowest BCUT2D eigenvalue weighted by Crippen LogP contribution is -2.24. The third-order valence-corrected chi connectivity index (χ3v) is 5.96. The highest BCUT2D eigenvalue weighted by molar-refractivity contribution is 7.17. The largest absolute Gasteiger partial charge is 0.292 e. The first kappa shape index (κ1) is 18.2. The monoisotopic (exact) mass is 418 g/mol. The van der Waals surface area contributed by atoms with Crippen LogP contribution in [-0.4, -0.2) is 9.55 Å². The topological polar surface area (TPSA) is 34.9 Å². The van der Waals surface area contributed by atoms with Crippen molar-refractivity contribution in [3.8, 4) is 11.1 Å². The third kappa shape index (κ3) is 3.38. The maximum Gasteiger partial charge on any atom is 0.263 e. The minimum atomic E-state index is -0.334. The molecule has 2 aromatic carbocycles. The highest BCUT2D eigenvalue weighted by Crippen LogP contribution is 2.34. The van der Waals surface area contributed by atoms with E-state index in [1.807, 2.05) is 11.4 Å². The summed E-state index contributed by atoms with van der Waals surface area (Å²) in [5.74, 6) is 0.249. The molecule has 0 saturated heterocycles. The molecule has 0 amide bonds. The first-order chi connectivity index (χ1) is 12.9. The molecule has 4 rings (SSSR count). The van der Waals surface area contributed by atoms with Gasteiger partial charge in [0.05, 0.1) is 22.0 Å². The van der Waals surface area contributed by atoms with Crippen molar-refractivity contribution in [3.05, 3.63) is 85.4 Å². The average Bonchev–Trinajstić information content (AvgIpc) is 3.05. The van der Waals surface area contributed by atoms with E-state index in [0.717, 1.165) is 11.1 Å². The summed E-state index contributed by atoms with van der Waals surface area (Å²) in [4.78, 5) is 18.5. The van der Waals surface area contributed by atoms with Crippen molar-refractivity contribution in [1.82, 2.24) is 9.55 Å². The number of aryl methyl sites for hydroxylation is 1. The molecule has 0 bridgehead atoms. The predicted molar refractivity (Wildman–Crippen MR) is 110 cm³/mol. The van der Waals surface area contributed by atoms with E-state index < -0.39 is 0 Å². The summed E-state index contributed by atoms with van der Waals surface area (Å²) in [6.07, 6.45) is 0. The van der Waals surface area contributed by atoms with Crippen molar-refractivity contribution in [3.63, 3.8) is 0 Å². The second kappa shape index (κ2) is 7.08. The number of thiophene rings is 1. The van der Waals surface area contributed by atoms with Crippen molar-refractivity contribution in [2.75, 3.05) is 0 Å². The van der Waals surface area contributed by atoms with Gasteiger partial charge in [0.2, 0.25) is 0 Å². The van der Waals surface area contributed by atoms with Gasteiger partial charge in [-0.15, -0.1) is 11.3 Å². The van der Waals surface area contributed by atoms with E-state index in [1.165, 1.54) is 23.5 Å². The number of halogens is 3. The Morgan fingerprint density at radius 1 is 1.15 bits per heavy atom. The molecule has 0 N–H and O–H groups in total. The van der Waals surface area contributed by atoms with Crippen LogP contribution in [0.15, 0.2) is 52.6 Å². The summed E-state index contributed by atoms with van der Waals surface area (Å²) < 4.78 is 15.1. The van der Waals surface area contributed by atoms with E-state index in [9.17, 15) is 9.18 Å². The summed E-state index contributed by atoms with van der Waals surface area (Å²) in [7, 11) is 0. The summed E-state index contributed by atoms with van der Waals surface area (Å²) in [6, 6.07) is 11.5. The molecule has 7 heteroatoms. The lowest BCUT2D eigenvalue weighted by Gasteiger charge is -2.10. The van der Waals surface area contributed by atoms with Gasteiger partial charge in [-0.1, -0.05) is 41.4 Å². The molecule has 0 radical (unpaired) electrons. The van der Waals surface area contributed by atoms with Crippen LogP contribution in [0.5, 0.6) is 0 Å². The fourth-order valence-corrected chi connectivity index (χ4v) is 4.29. The molecule has 0 fully saturated rings. The predicted octanol–water partition coefficient (Wildman–Crippen LogP) is 5.93. The fourth-order valence-electron chi connectivity index (χ4n) is 3.01. The van der Waals surface area contributed by atoms with Crippen LogP contribution in [-0.2, 0) is 6.54 Å². The number of aromatic nitrogens is 2. The lowest BCUT2D eigenvalue weighted by molar-refractivity contribution is 0.621. The van der Waals surface area contributed by atoms with Crippen LogP contribution in [0, 0.1) is 12.7 Å². The van der Waals surface area contributed by atoms with Gasteiger partial charge in [0.15, 0.2) is 0 Å². The van der Waals surface area contributed by atoms with Crippen LogP contribution in [0.1, 0.15) is 11.4 Å². The Hall–Kier alpha value is -2.21. The van der Waals surface area contributed by atoms with E-state index in [1.54, 1.807) is 35.8 Å². The van der Waals surface area contributed by atoms with Crippen LogP contribution in [0.25, 0.3) is 21.3 Å². The van der Waals surface area contributed by atoms with Crippen LogP contribution in [0.3, 0.4) is 0 Å². The van der Waals surface area contributed by atoms with E-state index >= 15 is 0 Å². The van der Waals surface area contributed by atoms with Gasteiger partial charge in [0.1, 0.15) is 16.5 Å². The van der Waals surface area contributed by atoms with E-state index in [2.05, 4.69) is 4.98 Å². The zero-order chi connectivity index (χ0) is 19.1. The van der Waals surface area contributed by atoms with E-state index in [0.29, 0.717) is 31.6 Å². The number of hydrogen-bond donors (Lipinski definition) is 0. The molecular formula is C20H13Cl2FN2OS. The molecule has 0 spiro atoms. The molecule has 0 aliphatic carbocycles. The smallest absolute Gasteiger partial charge is 0.263 e. The van der Waals surface area contributed by atoms with Crippen LogP contribution >= 0.6 is 34.5 Å². The number of nitrogens with zero attached hydrogens (tertiary/aromatic N) is 2. The van der Waals surface area contributed by atoms with Gasteiger partial charge in [-0.05, 0) is 42.3 Å². The highest BCUT2D eigenvalue weighted by Gasteiger charge is 2.16. The number of fused-ring (bicyclic) bond motifs is 1. The number of hydrogen-bond acceptors (Lipinski definition) is 3. The molecule has 2 aromatic heterocycles. The summed E-state index contributed by atoms with van der Waals surface area (Å²) >= 11 is 13.5. The molecule has 0 saturated carbocycles. The Balaban J connectivity index is 1.89. The van der Waals surface area contributed by atoms with Gasteiger partial charge in [-0.2, -0.15) is 0 Å². The zero-order valence-electron chi connectivity index (χ0n) is 14.2. The Kier molecular flexibility index (Phi) is 4.76. The average molecular weight is 419 g/mol. The van der Waals surface area contributed by atoms with Crippen molar-refractivity contribution >= 4 is 44.8 Å². The summed E-state index contributed by atoms with van der Waals surface area (Å²) in [6.45, 7) is 2.03. The van der Waals surface area contributed by atoms with E-state index in [4.69, 9.17) is 23.2 Å². The Labute approximate surface area is 168 Å². The molecule has 0 aliphatic heterocycles. The van der Waals surface area contributed by atoms with Crippen molar-refractivity contribution < 1.29 is 4.39 Å². The number of rotatable bonds is 3. The first-order valence-electron chi connectivity index (χ1n) is 8.12. The highest BCUT2D eigenvalue weighted by atomic mass is 35.5. The standard InChI is InChI=1S/C20H13Cl2FN2OS/c1-11-24-19-18(15(10-27-19)13-5-6-16(21)17(22)8-13)20(26)25(11)9-12-3-2-4-14(23)7-12/h2-8,10H,9H2,1H3. The maximum absolute atomic E-state index is 13.5. The Bertz CT molecular complexity index is 1230. The normalized spacial score (nSPS) is 11.3. The van der Waals surface area contributed by atoms with Gasteiger partial charge >= 0.3 is 0 Å². The van der Waals surface area contributed by atoms with Crippen LogP contribution in [0.4, 0.5) is 4.39 Å². The van der Waals surface area contributed by atoms with Gasteiger partial charge < -0.3 is 0 Å². The molecule has 3 nitrogen and oxygen atoms in total. The lowest BCUT2D eigenvalue weighted by atomic mass is 10.1. The summed E-state index contributed by atoms with van der Waals surface area (Å²) in [5.41, 5.74) is 2.10. The molecule has 4 aromatic rings. The molecule has 2 heterocycles. The quantitative estimate of drug-likeness (QED) is 0.413. The minimum Gasteiger partial charge on any atom is -0.292 e. The van der Waals surface area contributed by atoms with Crippen LogP contribution < -0.4 is 5.56 Å². The second-order valence-corrected chi connectivity index (χ2v) is 7.81. The number of benzene rings is 2. The summed E-state index contributed by atoms with van der Waals surface area (Å²) in [5, 5.41) is 3.30. The van der Waals surface area contributed by atoms with Gasteiger partial charge in [-0.3, -0.25) is 9.36 Å². The SMILES string of the molecule is Cc1nc2scc(-c3ccc(Cl)c(Cl)c3)c2c(=O)n1Cc1cccc(F)c1. The molecular weight excluding hydrogens is 406 g/mol.